The Labute approximate surface area is 171 Å². The molecule has 0 unspecified atom stereocenters. The summed E-state index contributed by atoms with van der Waals surface area (Å²) in [7, 11) is -3.61. The molecular weight excluding hydrogens is 392 g/mol. The largest absolute Gasteiger partial charge is 0.494 e. The number of carbonyl (C=O) groups is 1. The molecular formula is C21H24N2O5S. The molecule has 2 aromatic carbocycles. The molecule has 0 aliphatic carbocycles. The molecule has 0 aromatic heterocycles. The molecule has 1 aliphatic heterocycles. The van der Waals surface area contributed by atoms with Crippen molar-refractivity contribution in [2.24, 2.45) is 0 Å². The van der Waals surface area contributed by atoms with Crippen molar-refractivity contribution < 1.29 is 22.7 Å². The Morgan fingerprint density at radius 3 is 2.59 bits per heavy atom. The standard InChI is InChI=1S/C21H24N2O5S/c1-2-28-19-9-6-17(7-10-19)8-11-21(24)22-18-4-3-5-20(16-18)29(25,26)23-12-14-27-15-13-23/h3-11,16H,2,12-15H2,1H3,(H,22,24)/b11-8+. The summed E-state index contributed by atoms with van der Waals surface area (Å²) in [4.78, 5) is 12.4. The molecule has 1 amide bonds. The molecule has 0 atom stereocenters. The number of morpholine rings is 1. The number of hydrogen-bond acceptors (Lipinski definition) is 5. The van der Waals surface area contributed by atoms with Gasteiger partial charge in [-0.15, -0.1) is 0 Å². The average molecular weight is 416 g/mol. The smallest absolute Gasteiger partial charge is 0.248 e. The third-order valence-corrected chi connectivity index (χ3v) is 6.22. The Bertz CT molecular complexity index is 965. The van der Waals surface area contributed by atoms with Crippen molar-refractivity contribution in [3.05, 3.63) is 60.2 Å². The normalized spacial score (nSPS) is 15.3. The summed E-state index contributed by atoms with van der Waals surface area (Å²) in [6, 6.07) is 13.6. The predicted molar refractivity (Wildman–Crippen MR) is 111 cm³/mol. The van der Waals surface area contributed by atoms with Crippen LogP contribution < -0.4 is 10.1 Å². The number of hydrogen-bond donors (Lipinski definition) is 1. The SMILES string of the molecule is CCOc1ccc(/C=C/C(=O)Nc2cccc(S(=O)(=O)N3CCOCC3)c2)cc1. The van der Waals surface area contributed by atoms with Crippen molar-refractivity contribution in [2.45, 2.75) is 11.8 Å². The lowest BCUT2D eigenvalue weighted by Gasteiger charge is -2.26. The minimum absolute atomic E-state index is 0.146. The van der Waals surface area contributed by atoms with Gasteiger partial charge in [-0.1, -0.05) is 18.2 Å². The first-order valence-corrected chi connectivity index (χ1v) is 10.8. The van der Waals surface area contributed by atoms with Crippen LogP contribution >= 0.6 is 0 Å². The minimum Gasteiger partial charge on any atom is -0.494 e. The number of ether oxygens (including phenoxy) is 2. The molecule has 0 bridgehead atoms. The first-order chi connectivity index (χ1) is 14.0. The van der Waals surface area contributed by atoms with Crippen LogP contribution in [0.1, 0.15) is 12.5 Å². The molecule has 0 spiro atoms. The van der Waals surface area contributed by atoms with Crippen molar-refractivity contribution in [3.8, 4) is 5.75 Å². The first kappa shape index (κ1) is 21.0. The molecule has 7 nitrogen and oxygen atoms in total. The molecule has 3 rings (SSSR count). The molecule has 154 valence electrons. The van der Waals surface area contributed by atoms with E-state index in [1.807, 2.05) is 31.2 Å². The molecule has 1 N–H and O–H groups in total. The van der Waals surface area contributed by atoms with E-state index in [4.69, 9.17) is 9.47 Å². The molecule has 0 radical (unpaired) electrons. The van der Waals surface area contributed by atoms with Crippen LogP contribution in [0, 0.1) is 0 Å². The Balaban J connectivity index is 1.65. The van der Waals surface area contributed by atoms with E-state index in [1.54, 1.807) is 18.2 Å². The highest BCUT2D eigenvalue weighted by Gasteiger charge is 2.26. The van der Waals surface area contributed by atoms with Crippen molar-refractivity contribution in [3.63, 3.8) is 0 Å². The lowest BCUT2D eigenvalue weighted by atomic mass is 10.2. The fourth-order valence-electron chi connectivity index (χ4n) is 2.87. The van der Waals surface area contributed by atoms with Crippen LogP contribution in [-0.4, -0.2) is 51.5 Å². The summed E-state index contributed by atoms with van der Waals surface area (Å²) >= 11 is 0. The Hall–Kier alpha value is -2.68. The maximum absolute atomic E-state index is 12.7. The van der Waals surface area contributed by atoms with E-state index < -0.39 is 10.0 Å². The molecule has 1 fully saturated rings. The van der Waals surface area contributed by atoms with Gasteiger partial charge in [-0.25, -0.2) is 8.42 Å². The van der Waals surface area contributed by atoms with Gasteiger partial charge in [-0.2, -0.15) is 4.31 Å². The van der Waals surface area contributed by atoms with Gasteiger partial charge in [0.15, 0.2) is 0 Å². The number of sulfonamides is 1. The second-order valence-electron chi connectivity index (χ2n) is 6.37. The van der Waals surface area contributed by atoms with Gasteiger partial charge in [0.1, 0.15) is 5.75 Å². The average Bonchev–Trinajstić information content (AvgIpc) is 2.74. The zero-order valence-electron chi connectivity index (χ0n) is 16.2. The molecule has 2 aromatic rings. The molecule has 8 heteroatoms. The van der Waals surface area contributed by atoms with Gasteiger partial charge in [0, 0.05) is 24.9 Å². The maximum atomic E-state index is 12.7. The highest BCUT2D eigenvalue weighted by atomic mass is 32.2. The van der Waals surface area contributed by atoms with Gasteiger partial charge in [0.05, 0.1) is 24.7 Å². The van der Waals surface area contributed by atoms with E-state index in [-0.39, 0.29) is 10.8 Å². The second-order valence-corrected chi connectivity index (χ2v) is 8.31. The second kappa shape index (κ2) is 9.69. The number of benzene rings is 2. The Morgan fingerprint density at radius 1 is 1.17 bits per heavy atom. The van der Waals surface area contributed by atoms with E-state index in [9.17, 15) is 13.2 Å². The quantitative estimate of drug-likeness (QED) is 0.702. The van der Waals surface area contributed by atoms with Crippen molar-refractivity contribution in [1.82, 2.24) is 4.31 Å². The third kappa shape index (κ3) is 5.66. The highest BCUT2D eigenvalue weighted by molar-refractivity contribution is 7.89. The van der Waals surface area contributed by atoms with E-state index in [2.05, 4.69) is 5.32 Å². The van der Waals surface area contributed by atoms with Gasteiger partial charge in [-0.3, -0.25) is 4.79 Å². The van der Waals surface area contributed by atoms with E-state index >= 15 is 0 Å². The van der Waals surface area contributed by atoms with Crippen LogP contribution in [0.2, 0.25) is 0 Å². The summed E-state index contributed by atoms with van der Waals surface area (Å²) in [5.74, 6) is 0.423. The summed E-state index contributed by atoms with van der Waals surface area (Å²) in [5.41, 5.74) is 1.27. The van der Waals surface area contributed by atoms with Crippen molar-refractivity contribution in [1.29, 1.82) is 0 Å². The fourth-order valence-corrected chi connectivity index (χ4v) is 4.32. The first-order valence-electron chi connectivity index (χ1n) is 9.39. The van der Waals surface area contributed by atoms with Gasteiger partial charge < -0.3 is 14.8 Å². The maximum Gasteiger partial charge on any atom is 0.248 e. The van der Waals surface area contributed by atoms with Gasteiger partial charge in [0.25, 0.3) is 0 Å². The van der Waals surface area contributed by atoms with Gasteiger partial charge in [0.2, 0.25) is 15.9 Å². The topological polar surface area (TPSA) is 84.9 Å². The number of rotatable bonds is 7. The zero-order chi connectivity index (χ0) is 20.7. The van der Waals surface area contributed by atoms with Gasteiger partial charge >= 0.3 is 0 Å². The third-order valence-electron chi connectivity index (χ3n) is 4.33. The molecule has 1 aliphatic rings. The van der Waals surface area contributed by atoms with E-state index in [1.165, 1.54) is 22.5 Å². The lowest BCUT2D eigenvalue weighted by molar-refractivity contribution is -0.111. The summed E-state index contributed by atoms with van der Waals surface area (Å²) in [6.07, 6.45) is 3.08. The molecule has 0 saturated carbocycles. The number of nitrogens with one attached hydrogen (secondary N) is 1. The number of nitrogens with zero attached hydrogens (tertiary/aromatic N) is 1. The molecule has 29 heavy (non-hydrogen) atoms. The van der Waals surface area contributed by atoms with Crippen LogP contribution in [0.5, 0.6) is 5.75 Å². The minimum atomic E-state index is -3.61. The number of carbonyl (C=O) groups excluding carboxylic acids is 1. The Kier molecular flexibility index (Phi) is 7.03. The predicted octanol–water partition coefficient (Wildman–Crippen LogP) is 2.76. The fraction of sp³-hybridized carbons (Fsp3) is 0.286. The Morgan fingerprint density at radius 2 is 1.90 bits per heavy atom. The number of anilines is 1. The van der Waals surface area contributed by atoms with Crippen LogP contribution in [0.4, 0.5) is 5.69 Å². The van der Waals surface area contributed by atoms with Crippen LogP contribution in [0.15, 0.2) is 59.5 Å². The van der Waals surface area contributed by atoms with Crippen LogP contribution in [-0.2, 0) is 19.6 Å². The van der Waals surface area contributed by atoms with Crippen molar-refractivity contribution in [2.75, 3.05) is 38.2 Å². The van der Waals surface area contributed by atoms with Gasteiger partial charge in [-0.05, 0) is 48.9 Å². The summed E-state index contributed by atoms with van der Waals surface area (Å²) in [5, 5.41) is 2.70. The molecule has 1 saturated heterocycles. The van der Waals surface area contributed by atoms with E-state index in [0.717, 1.165) is 11.3 Å². The van der Waals surface area contributed by atoms with Crippen molar-refractivity contribution >= 4 is 27.7 Å². The monoisotopic (exact) mass is 416 g/mol. The number of amides is 1. The summed E-state index contributed by atoms with van der Waals surface area (Å²) in [6.45, 7) is 3.92. The van der Waals surface area contributed by atoms with E-state index in [0.29, 0.717) is 38.6 Å². The van der Waals surface area contributed by atoms with Crippen LogP contribution in [0.25, 0.3) is 6.08 Å². The summed E-state index contributed by atoms with van der Waals surface area (Å²) < 4.78 is 37.5. The molecule has 1 heterocycles. The highest BCUT2D eigenvalue weighted by Crippen LogP contribution is 2.20. The lowest BCUT2D eigenvalue weighted by Crippen LogP contribution is -2.40. The zero-order valence-corrected chi connectivity index (χ0v) is 17.0. The van der Waals surface area contributed by atoms with Crippen LogP contribution in [0.3, 0.4) is 0 Å².